The van der Waals surface area contributed by atoms with Crippen LogP contribution in [0.4, 0.5) is 18.9 Å². The minimum Gasteiger partial charge on any atom is -0.433 e. The van der Waals surface area contributed by atoms with E-state index in [2.05, 4.69) is 20.0 Å². The number of nitrogens with one attached hydrogen (secondary N) is 2. The first kappa shape index (κ1) is 22.9. The molecule has 11 heteroatoms. The highest BCUT2D eigenvalue weighted by atomic mass is 32.2. The molecule has 0 aliphatic heterocycles. The Bertz CT molecular complexity index is 1340. The molecule has 0 aliphatic rings. The number of rotatable bonds is 8. The van der Waals surface area contributed by atoms with Gasteiger partial charge in [0.25, 0.3) is 5.56 Å². The zero-order valence-electron chi connectivity index (χ0n) is 16.8. The number of alkyl halides is 2. The number of carbonyl (C=O) groups excluding carboxylic acids is 1. The summed E-state index contributed by atoms with van der Waals surface area (Å²) in [6.07, 6.45) is 0. The molecule has 1 amide bonds. The average molecular weight is 492 g/mol. The lowest BCUT2D eigenvalue weighted by molar-refractivity contribution is -0.113. The highest BCUT2D eigenvalue weighted by molar-refractivity contribution is 7.99. The lowest BCUT2D eigenvalue weighted by Crippen LogP contribution is -2.16. The maximum atomic E-state index is 13.2. The minimum absolute atomic E-state index is 0.00995. The van der Waals surface area contributed by atoms with Crippen LogP contribution in [0, 0.1) is 5.82 Å². The molecule has 0 radical (unpaired) electrons. The number of ether oxygens (including phenoxy) is 1. The van der Waals surface area contributed by atoms with E-state index in [0.29, 0.717) is 27.2 Å². The normalized spacial score (nSPS) is 11.2. The zero-order valence-corrected chi connectivity index (χ0v) is 18.4. The predicted octanol–water partition coefficient (Wildman–Crippen LogP) is 5.26. The van der Waals surface area contributed by atoms with Gasteiger partial charge in [0.15, 0.2) is 0 Å². The number of anilines is 1. The van der Waals surface area contributed by atoms with Crippen molar-refractivity contribution in [3.8, 4) is 16.9 Å². The Morgan fingerprint density at radius 1 is 1.18 bits per heavy atom. The second kappa shape index (κ2) is 10.1. The number of halogens is 3. The summed E-state index contributed by atoms with van der Waals surface area (Å²) in [6, 6.07) is 11.8. The number of nitrogens with zero attached hydrogens (tertiary/aromatic N) is 1. The molecule has 2 N–H and O–H groups in total. The first-order valence-corrected chi connectivity index (χ1v) is 11.6. The fraction of sp³-hybridized carbons (Fsp3) is 0.136. The van der Waals surface area contributed by atoms with Crippen molar-refractivity contribution in [2.24, 2.45) is 0 Å². The van der Waals surface area contributed by atoms with Crippen molar-refractivity contribution >= 4 is 44.9 Å². The number of H-pyrrole nitrogens is 1. The van der Waals surface area contributed by atoms with Crippen LogP contribution in [0.5, 0.6) is 5.75 Å². The van der Waals surface area contributed by atoms with Gasteiger partial charge < -0.3 is 15.0 Å². The largest absolute Gasteiger partial charge is 0.433 e. The summed E-state index contributed by atoms with van der Waals surface area (Å²) in [7, 11) is 0. The number of carbonyl (C=O) groups is 1. The van der Waals surface area contributed by atoms with E-state index in [4.69, 9.17) is 0 Å². The average Bonchev–Trinajstić information content (AvgIpc) is 3.20. The van der Waals surface area contributed by atoms with Crippen molar-refractivity contribution < 1.29 is 22.7 Å². The van der Waals surface area contributed by atoms with Gasteiger partial charge in [0.05, 0.1) is 22.6 Å². The third-order valence-electron chi connectivity index (χ3n) is 4.50. The first-order chi connectivity index (χ1) is 15.9. The molecule has 2 heterocycles. The maximum absolute atomic E-state index is 13.2. The maximum Gasteiger partial charge on any atom is 0.387 e. The Kier molecular flexibility index (Phi) is 6.99. The molecule has 2 aromatic heterocycles. The molecule has 0 saturated carbocycles. The van der Waals surface area contributed by atoms with Crippen LogP contribution in [0.2, 0.25) is 0 Å². The summed E-state index contributed by atoms with van der Waals surface area (Å²) in [4.78, 5) is 32.6. The molecule has 6 nitrogen and oxygen atoms in total. The second-order valence-corrected chi connectivity index (χ2v) is 8.61. The van der Waals surface area contributed by atoms with Crippen molar-refractivity contribution in [1.82, 2.24) is 9.97 Å². The monoisotopic (exact) mass is 491 g/mol. The summed E-state index contributed by atoms with van der Waals surface area (Å²) in [5.41, 5.74) is 1.21. The number of para-hydroxylation sites is 2. The number of aromatic amines is 1. The van der Waals surface area contributed by atoms with E-state index in [1.165, 1.54) is 53.4 Å². The van der Waals surface area contributed by atoms with Crippen molar-refractivity contribution in [2.45, 2.75) is 12.4 Å². The fourth-order valence-electron chi connectivity index (χ4n) is 3.10. The fourth-order valence-corrected chi connectivity index (χ4v) is 4.76. The summed E-state index contributed by atoms with van der Waals surface area (Å²) < 4.78 is 42.6. The quantitative estimate of drug-likeness (QED) is 0.351. The Morgan fingerprint density at radius 3 is 2.70 bits per heavy atom. The van der Waals surface area contributed by atoms with E-state index in [9.17, 15) is 22.8 Å². The van der Waals surface area contributed by atoms with Crippen LogP contribution >= 0.6 is 23.1 Å². The molecular weight excluding hydrogens is 475 g/mol. The first-order valence-electron chi connectivity index (χ1n) is 9.58. The van der Waals surface area contributed by atoms with Crippen molar-refractivity contribution in [2.75, 3.05) is 11.1 Å². The molecule has 0 atom stereocenters. The van der Waals surface area contributed by atoms with E-state index in [0.717, 1.165) is 0 Å². The Labute approximate surface area is 193 Å². The lowest BCUT2D eigenvalue weighted by Gasteiger charge is -2.11. The van der Waals surface area contributed by atoms with Gasteiger partial charge in [-0.25, -0.2) is 9.37 Å². The number of fused-ring (bicyclic) bond motifs is 1. The molecule has 170 valence electrons. The van der Waals surface area contributed by atoms with Gasteiger partial charge in [0, 0.05) is 10.9 Å². The third kappa shape index (κ3) is 5.55. The van der Waals surface area contributed by atoms with Crippen molar-refractivity contribution in [1.29, 1.82) is 0 Å². The zero-order chi connectivity index (χ0) is 23.4. The van der Waals surface area contributed by atoms with E-state index in [1.807, 2.05) is 0 Å². The molecule has 0 aliphatic carbocycles. The van der Waals surface area contributed by atoms with E-state index >= 15 is 0 Å². The van der Waals surface area contributed by atoms with Gasteiger partial charge in [-0.2, -0.15) is 8.78 Å². The predicted molar refractivity (Wildman–Crippen MR) is 124 cm³/mol. The molecule has 4 aromatic rings. The highest BCUT2D eigenvalue weighted by Crippen LogP contribution is 2.31. The van der Waals surface area contributed by atoms with Crippen LogP contribution in [0.15, 0.2) is 58.7 Å². The summed E-state index contributed by atoms with van der Waals surface area (Å²) in [5, 5.41) is 4.75. The second-order valence-electron chi connectivity index (χ2n) is 6.76. The minimum atomic E-state index is -3.00. The Morgan fingerprint density at radius 2 is 1.94 bits per heavy atom. The molecule has 0 spiro atoms. The van der Waals surface area contributed by atoms with Crippen molar-refractivity contribution in [3.63, 3.8) is 0 Å². The molecule has 0 saturated heterocycles. The Balaban J connectivity index is 1.41. The molecule has 0 bridgehead atoms. The molecular formula is C22H16F3N3O3S2. The number of aromatic nitrogens is 2. The molecule has 33 heavy (non-hydrogen) atoms. The van der Waals surface area contributed by atoms with Crippen LogP contribution in [0.1, 0.15) is 5.82 Å². The number of amides is 1. The topological polar surface area (TPSA) is 84.1 Å². The highest BCUT2D eigenvalue weighted by Gasteiger charge is 2.14. The van der Waals surface area contributed by atoms with Gasteiger partial charge in [-0.15, -0.1) is 23.1 Å². The van der Waals surface area contributed by atoms with Gasteiger partial charge in [0.1, 0.15) is 22.2 Å². The SMILES string of the molecule is O=C(CSCc1nc2scc(-c3ccc(F)cc3)c2c(=O)[nH]1)Nc1ccccc1OC(F)F. The van der Waals surface area contributed by atoms with Gasteiger partial charge >= 0.3 is 6.61 Å². The molecule has 4 rings (SSSR count). The van der Waals surface area contributed by atoms with Gasteiger partial charge in [-0.05, 0) is 29.8 Å². The van der Waals surface area contributed by atoms with Crippen LogP contribution in [0.3, 0.4) is 0 Å². The standard InChI is InChI=1S/C22H16F3N3O3S2/c23-13-7-5-12(6-8-13)14-9-33-21-19(14)20(30)27-17(28-21)10-32-11-18(29)26-15-3-1-2-4-16(15)31-22(24)25/h1-9,22H,10-11H2,(H,26,29)(H,27,28,30). The van der Waals surface area contributed by atoms with Crippen LogP contribution < -0.4 is 15.6 Å². The van der Waals surface area contributed by atoms with Crippen molar-refractivity contribution in [3.05, 3.63) is 75.9 Å². The van der Waals surface area contributed by atoms with E-state index in [-0.39, 0.29) is 34.3 Å². The summed E-state index contributed by atoms with van der Waals surface area (Å²) in [6.45, 7) is -3.00. The van der Waals surface area contributed by atoms with Crippen LogP contribution in [-0.4, -0.2) is 28.2 Å². The van der Waals surface area contributed by atoms with Gasteiger partial charge in [-0.3, -0.25) is 9.59 Å². The Hall–Kier alpha value is -3.31. The number of benzene rings is 2. The smallest absolute Gasteiger partial charge is 0.387 e. The number of hydrogen-bond donors (Lipinski definition) is 2. The summed E-state index contributed by atoms with van der Waals surface area (Å²) >= 11 is 2.51. The molecule has 0 fully saturated rings. The van der Waals surface area contributed by atoms with E-state index in [1.54, 1.807) is 23.6 Å². The molecule has 2 aromatic carbocycles. The van der Waals surface area contributed by atoms with E-state index < -0.39 is 12.5 Å². The number of thiophene rings is 1. The van der Waals surface area contributed by atoms with Gasteiger partial charge in [-0.1, -0.05) is 24.3 Å². The van der Waals surface area contributed by atoms with Crippen LogP contribution in [-0.2, 0) is 10.5 Å². The van der Waals surface area contributed by atoms with Crippen LogP contribution in [0.25, 0.3) is 21.3 Å². The van der Waals surface area contributed by atoms with Gasteiger partial charge in [0.2, 0.25) is 5.91 Å². The summed E-state index contributed by atoms with van der Waals surface area (Å²) in [5.74, 6) is -0.230. The number of hydrogen-bond acceptors (Lipinski definition) is 6. The molecule has 0 unspecified atom stereocenters. The lowest BCUT2D eigenvalue weighted by atomic mass is 10.1. The number of thioether (sulfide) groups is 1. The third-order valence-corrected chi connectivity index (χ3v) is 6.31.